The number of fused-ring (bicyclic) bond motifs is 7. The van der Waals surface area contributed by atoms with Crippen LogP contribution >= 0.6 is 0 Å². The van der Waals surface area contributed by atoms with E-state index in [0.29, 0.717) is 5.82 Å². The van der Waals surface area contributed by atoms with Crippen molar-refractivity contribution in [1.82, 2.24) is 9.97 Å². The third-order valence-electron chi connectivity index (χ3n) is 11.9. The van der Waals surface area contributed by atoms with E-state index in [1.165, 1.54) is 65.4 Å². The number of hydrogen-bond donors (Lipinski definition) is 0. The Labute approximate surface area is 338 Å². The SMILES string of the molecule is C1=CN=CC(c2ccc(-c3cc(C4=CCCC(c5ccc6ccccc6c5)=C4)nc(-c4cccc(-c5ccc6c7ccccc7c7ccccc7c6c5)c4)n3)cc2)C1. The summed E-state index contributed by atoms with van der Waals surface area (Å²) in [6.45, 7) is 0. The second kappa shape index (κ2) is 14.4. The van der Waals surface area contributed by atoms with E-state index >= 15 is 0 Å². The molecule has 0 N–H and O–H groups in total. The van der Waals surface area contributed by atoms with Crippen molar-refractivity contribution >= 4 is 60.5 Å². The Hall–Kier alpha value is -7.23. The molecule has 0 saturated heterocycles. The molecule has 1 unspecified atom stereocenters. The molecule has 1 aliphatic heterocycles. The number of allylic oxidation sites excluding steroid dienone is 5. The molecule has 0 spiro atoms. The third kappa shape index (κ3) is 6.22. The van der Waals surface area contributed by atoms with Gasteiger partial charge in [0, 0.05) is 29.5 Å². The maximum Gasteiger partial charge on any atom is 0.160 e. The quantitative estimate of drug-likeness (QED) is 0.159. The highest BCUT2D eigenvalue weighted by Crippen LogP contribution is 2.39. The molecule has 0 bridgehead atoms. The molecule has 3 nitrogen and oxygen atoms in total. The van der Waals surface area contributed by atoms with Gasteiger partial charge in [-0.25, -0.2) is 9.97 Å². The summed E-state index contributed by atoms with van der Waals surface area (Å²) in [5.74, 6) is 1.00. The van der Waals surface area contributed by atoms with Crippen LogP contribution in [0.4, 0.5) is 0 Å². The van der Waals surface area contributed by atoms with Gasteiger partial charge in [0.25, 0.3) is 0 Å². The molecule has 274 valence electrons. The number of aliphatic imine (C=N–C) groups is 1. The van der Waals surface area contributed by atoms with Gasteiger partial charge in [0.2, 0.25) is 0 Å². The van der Waals surface area contributed by atoms with E-state index < -0.39 is 0 Å². The van der Waals surface area contributed by atoms with E-state index in [0.717, 1.165) is 52.9 Å². The molecule has 0 radical (unpaired) electrons. The van der Waals surface area contributed by atoms with Crippen molar-refractivity contribution in [2.45, 2.75) is 25.2 Å². The fourth-order valence-corrected chi connectivity index (χ4v) is 8.90. The molecule has 2 aliphatic rings. The number of hydrogen-bond acceptors (Lipinski definition) is 3. The lowest BCUT2D eigenvalue weighted by Crippen LogP contribution is -2.02. The first-order chi connectivity index (χ1) is 28.7. The topological polar surface area (TPSA) is 38.1 Å². The summed E-state index contributed by atoms with van der Waals surface area (Å²) in [5.41, 5.74) is 11.2. The summed E-state index contributed by atoms with van der Waals surface area (Å²) in [5, 5.41) is 10.2. The summed E-state index contributed by atoms with van der Waals surface area (Å²) in [6.07, 6.45) is 13.6. The highest BCUT2D eigenvalue weighted by atomic mass is 14.9. The van der Waals surface area contributed by atoms with Crippen LogP contribution in [0.2, 0.25) is 0 Å². The molecule has 1 aliphatic carbocycles. The molecule has 1 atom stereocenters. The number of aromatic nitrogens is 2. The highest BCUT2D eigenvalue weighted by Gasteiger charge is 2.17. The predicted octanol–water partition coefficient (Wildman–Crippen LogP) is 14.4. The predicted molar refractivity (Wildman–Crippen MR) is 245 cm³/mol. The van der Waals surface area contributed by atoms with Gasteiger partial charge in [-0.3, -0.25) is 4.99 Å². The second-order valence-corrected chi connectivity index (χ2v) is 15.5. The van der Waals surface area contributed by atoms with E-state index in [1.54, 1.807) is 0 Å². The Kier molecular flexibility index (Phi) is 8.44. The van der Waals surface area contributed by atoms with E-state index in [9.17, 15) is 0 Å². The lowest BCUT2D eigenvalue weighted by molar-refractivity contribution is 0.909. The van der Waals surface area contributed by atoms with Crippen molar-refractivity contribution in [3.05, 3.63) is 205 Å². The minimum Gasteiger partial charge on any atom is -0.269 e. The van der Waals surface area contributed by atoms with Gasteiger partial charge in [-0.15, -0.1) is 0 Å². The van der Waals surface area contributed by atoms with Crippen LogP contribution in [-0.4, -0.2) is 16.2 Å². The van der Waals surface area contributed by atoms with Crippen molar-refractivity contribution in [2.75, 3.05) is 0 Å². The number of nitrogens with zero attached hydrogens (tertiary/aromatic N) is 3. The minimum atomic E-state index is 0.288. The van der Waals surface area contributed by atoms with Crippen LogP contribution in [0.5, 0.6) is 0 Å². The minimum absolute atomic E-state index is 0.288. The molecule has 1 aromatic heterocycles. The summed E-state index contributed by atoms with van der Waals surface area (Å²) >= 11 is 0. The van der Waals surface area contributed by atoms with Crippen molar-refractivity contribution in [2.24, 2.45) is 4.99 Å². The molecule has 8 aromatic carbocycles. The first-order valence-corrected chi connectivity index (χ1v) is 20.2. The Morgan fingerprint density at radius 1 is 0.466 bits per heavy atom. The molecule has 3 heteroatoms. The molecular weight excluding hydrogens is 703 g/mol. The molecule has 58 heavy (non-hydrogen) atoms. The van der Waals surface area contributed by atoms with Crippen molar-refractivity contribution in [1.29, 1.82) is 0 Å². The van der Waals surface area contributed by atoms with Gasteiger partial charge in [-0.05, 0) is 126 Å². The van der Waals surface area contributed by atoms with Crippen LogP contribution < -0.4 is 0 Å². The van der Waals surface area contributed by atoms with Gasteiger partial charge in [-0.1, -0.05) is 152 Å². The molecule has 0 amide bonds. The Balaban J connectivity index is 1.02. The van der Waals surface area contributed by atoms with E-state index in [2.05, 4.69) is 187 Å². The smallest absolute Gasteiger partial charge is 0.160 e. The summed E-state index contributed by atoms with van der Waals surface area (Å²) < 4.78 is 0. The van der Waals surface area contributed by atoms with E-state index in [4.69, 9.17) is 9.97 Å². The maximum absolute atomic E-state index is 5.33. The Bertz CT molecular complexity index is 3170. The molecule has 2 heterocycles. The van der Waals surface area contributed by atoms with Crippen molar-refractivity contribution in [3.63, 3.8) is 0 Å². The van der Waals surface area contributed by atoms with Crippen LogP contribution in [-0.2, 0) is 0 Å². The molecule has 11 rings (SSSR count). The first kappa shape index (κ1) is 34.1. The van der Waals surface area contributed by atoms with Gasteiger partial charge >= 0.3 is 0 Å². The molecule has 0 saturated carbocycles. The first-order valence-electron chi connectivity index (χ1n) is 20.2. The zero-order chi connectivity index (χ0) is 38.4. The van der Waals surface area contributed by atoms with Crippen LogP contribution in [0.1, 0.15) is 42.0 Å². The van der Waals surface area contributed by atoms with Crippen LogP contribution in [0, 0.1) is 0 Å². The Morgan fingerprint density at radius 2 is 1.12 bits per heavy atom. The average Bonchev–Trinajstić information content (AvgIpc) is 3.31. The number of rotatable bonds is 6. The standard InChI is InChI=1S/C55H39N3/c1-2-11-39-30-42(26-23-36(39)10-1)40-12-7-14-44(31-40)54-34-53(38-24-21-37(22-25-38)46-16-9-29-56-35-46)57-55(58-54)45-15-8-13-41(32-45)43-27-28-51-49-19-4-3-17-47(49)48-18-5-6-20-50(48)52(51)33-43/h1-6,8-11,13-15,17-35,46H,7,12,16H2. The normalized spacial score (nSPS) is 15.3. The molecule has 0 fully saturated rings. The number of benzene rings is 8. The Morgan fingerprint density at radius 3 is 1.90 bits per heavy atom. The third-order valence-corrected chi connectivity index (χ3v) is 11.9. The van der Waals surface area contributed by atoms with Gasteiger partial charge in [0.1, 0.15) is 0 Å². The highest BCUT2D eigenvalue weighted by molar-refractivity contribution is 6.25. The summed E-state index contributed by atoms with van der Waals surface area (Å²) in [7, 11) is 0. The van der Waals surface area contributed by atoms with Crippen LogP contribution in [0.15, 0.2) is 193 Å². The van der Waals surface area contributed by atoms with Gasteiger partial charge < -0.3 is 0 Å². The largest absolute Gasteiger partial charge is 0.269 e. The van der Waals surface area contributed by atoms with E-state index in [-0.39, 0.29) is 5.92 Å². The van der Waals surface area contributed by atoms with Crippen LogP contribution in [0.3, 0.4) is 0 Å². The second-order valence-electron chi connectivity index (χ2n) is 15.5. The van der Waals surface area contributed by atoms with Crippen molar-refractivity contribution in [3.8, 4) is 33.8 Å². The molecular formula is C55H39N3. The van der Waals surface area contributed by atoms with E-state index in [1.807, 2.05) is 12.4 Å². The zero-order valence-electron chi connectivity index (χ0n) is 32.0. The van der Waals surface area contributed by atoms with Crippen LogP contribution in [0.25, 0.3) is 88.0 Å². The zero-order valence-corrected chi connectivity index (χ0v) is 32.0. The van der Waals surface area contributed by atoms with Gasteiger partial charge in [0.15, 0.2) is 5.82 Å². The van der Waals surface area contributed by atoms with Gasteiger partial charge in [0.05, 0.1) is 11.4 Å². The van der Waals surface area contributed by atoms with Gasteiger partial charge in [-0.2, -0.15) is 0 Å². The lowest BCUT2D eigenvalue weighted by atomic mass is 9.90. The fourth-order valence-electron chi connectivity index (χ4n) is 8.90. The summed E-state index contributed by atoms with van der Waals surface area (Å²) in [4.78, 5) is 15.0. The molecule has 9 aromatic rings. The fraction of sp³-hybridized carbons (Fsp3) is 0.0727. The monoisotopic (exact) mass is 741 g/mol. The average molecular weight is 742 g/mol. The maximum atomic E-state index is 5.33. The lowest BCUT2D eigenvalue weighted by Gasteiger charge is -2.17. The van der Waals surface area contributed by atoms with Crippen molar-refractivity contribution < 1.29 is 0 Å². The summed E-state index contributed by atoms with van der Waals surface area (Å²) in [6, 6.07) is 59.5.